The minimum absolute atomic E-state index is 0.262. The number of carbonyl (C=O) groups is 1. The summed E-state index contributed by atoms with van der Waals surface area (Å²) >= 11 is 1.77. The summed E-state index contributed by atoms with van der Waals surface area (Å²) < 4.78 is 0. The van der Waals surface area contributed by atoms with Gasteiger partial charge in [0, 0.05) is 12.2 Å². The van der Waals surface area contributed by atoms with Gasteiger partial charge in [-0.25, -0.2) is 4.79 Å². The molecule has 0 atom stereocenters. The SMILES string of the molecule is CSCCCNc1cc(N)ccc1C(=O)O. The Labute approximate surface area is 99.2 Å². The van der Waals surface area contributed by atoms with Crippen LogP contribution in [0.3, 0.4) is 0 Å². The van der Waals surface area contributed by atoms with Gasteiger partial charge in [-0.1, -0.05) is 0 Å². The summed E-state index contributed by atoms with van der Waals surface area (Å²) in [4.78, 5) is 10.9. The minimum atomic E-state index is -0.938. The van der Waals surface area contributed by atoms with Crippen molar-refractivity contribution in [3.63, 3.8) is 0 Å². The first-order chi connectivity index (χ1) is 7.65. The lowest BCUT2D eigenvalue weighted by molar-refractivity contribution is 0.0698. The van der Waals surface area contributed by atoms with Crippen LogP contribution in [0.15, 0.2) is 18.2 Å². The number of nitrogens with two attached hydrogens (primary N) is 1. The molecule has 0 aliphatic rings. The lowest BCUT2D eigenvalue weighted by Gasteiger charge is -2.09. The molecule has 0 aromatic heterocycles. The van der Waals surface area contributed by atoms with Crippen molar-refractivity contribution in [2.24, 2.45) is 0 Å². The maximum absolute atomic E-state index is 10.9. The molecule has 1 aromatic rings. The zero-order valence-electron chi connectivity index (χ0n) is 9.19. The van der Waals surface area contributed by atoms with E-state index < -0.39 is 5.97 Å². The van der Waals surface area contributed by atoms with Gasteiger partial charge < -0.3 is 16.2 Å². The maximum Gasteiger partial charge on any atom is 0.337 e. The summed E-state index contributed by atoms with van der Waals surface area (Å²) in [5, 5.41) is 12.1. The van der Waals surface area contributed by atoms with E-state index in [1.54, 1.807) is 23.9 Å². The van der Waals surface area contributed by atoms with Crippen molar-refractivity contribution in [1.82, 2.24) is 0 Å². The zero-order valence-corrected chi connectivity index (χ0v) is 10.0. The predicted molar refractivity (Wildman–Crippen MR) is 69.3 cm³/mol. The van der Waals surface area contributed by atoms with Gasteiger partial charge in [0.15, 0.2) is 0 Å². The van der Waals surface area contributed by atoms with Crippen molar-refractivity contribution in [3.05, 3.63) is 23.8 Å². The average Bonchev–Trinajstić information content (AvgIpc) is 2.24. The second-order valence-electron chi connectivity index (χ2n) is 3.38. The second-order valence-corrected chi connectivity index (χ2v) is 4.37. The Morgan fingerprint density at radius 3 is 2.94 bits per heavy atom. The number of hydrogen-bond donors (Lipinski definition) is 3. The summed E-state index contributed by atoms with van der Waals surface area (Å²) in [5.41, 5.74) is 7.04. The Morgan fingerprint density at radius 2 is 2.31 bits per heavy atom. The Balaban J connectivity index is 2.68. The lowest BCUT2D eigenvalue weighted by Crippen LogP contribution is -2.08. The number of benzene rings is 1. The molecule has 0 unspecified atom stereocenters. The molecule has 0 fully saturated rings. The first-order valence-electron chi connectivity index (χ1n) is 5.00. The molecule has 0 saturated heterocycles. The number of hydrogen-bond acceptors (Lipinski definition) is 4. The topological polar surface area (TPSA) is 75.3 Å². The van der Waals surface area contributed by atoms with Gasteiger partial charge in [-0.3, -0.25) is 0 Å². The number of thioether (sulfide) groups is 1. The molecule has 1 rings (SSSR count). The largest absolute Gasteiger partial charge is 0.478 e. The molecule has 0 heterocycles. The van der Waals surface area contributed by atoms with E-state index in [2.05, 4.69) is 5.32 Å². The molecule has 0 aliphatic heterocycles. The smallest absolute Gasteiger partial charge is 0.337 e. The van der Waals surface area contributed by atoms with Crippen molar-refractivity contribution in [1.29, 1.82) is 0 Å². The summed E-state index contributed by atoms with van der Waals surface area (Å²) in [5.74, 6) is 0.116. The molecule has 0 bridgehead atoms. The van der Waals surface area contributed by atoms with Crippen LogP contribution in [0.4, 0.5) is 11.4 Å². The number of carboxylic acids is 1. The van der Waals surface area contributed by atoms with Gasteiger partial charge in [-0.15, -0.1) is 0 Å². The van der Waals surface area contributed by atoms with Crippen LogP contribution in [-0.2, 0) is 0 Å². The molecule has 1 aromatic carbocycles. The zero-order chi connectivity index (χ0) is 12.0. The predicted octanol–water partition coefficient (Wildman–Crippen LogP) is 2.13. The van der Waals surface area contributed by atoms with Crippen LogP contribution in [0.2, 0.25) is 0 Å². The van der Waals surface area contributed by atoms with Gasteiger partial charge in [-0.2, -0.15) is 11.8 Å². The monoisotopic (exact) mass is 240 g/mol. The molecule has 5 heteroatoms. The van der Waals surface area contributed by atoms with Crippen molar-refractivity contribution in [2.45, 2.75) is 6.42 Å². The highest BCUT2D eigenvalue weighted by molar-refractivity contribution is 7.98. The fourth-order valence-electron chi connectivity index (χ4n) is 1.33. The van der Waals surface area contributed by atoms with E-state index in [1.807, 2.05) is 6.26 Å². The van der Waals surface area contributed by atoms with Gasteiger partial charge in [-0.05, 0) is 36.6 Å². The van der Waals surface area contributed by atoms with Crippen molar-refractivity contribution >= 4 is 29.1 Å². The number of aromatic carboxylic acids is 1. The van der Waals surface area contributed by atoms with Crippen LogP contribution in [0.25, 0.3) is 0 Å². The van der Waals surface area contributed by atoms with Crippen LogP contribution in [0.5, 0.6) is 0 Å². The molecule has 88 valence electrons. The van der Waals surface area contributed by atoms with E-state index in [1.165, 1.54) is 6.07 Å². The molecule has 0 spiro atoms. The minimum Gasteiger partial charge on any atom is -0.478 e. The molecule has 0 radical (unpaired) electrons. The van der Waals surface area contributed by atoms with Gasteiger partial charge >= 0.3 is 5.97 Å². The third-order valence-corrected chi connectivity index (χ3v) is 2.81. The standard InChI is InChI=1S/C11H16N2O2S/c1-16-6-2-5-13-10-7-8(12)3-4-9(10)11(14)15/h3-4,7,13H,2,5-6,12H2,1H3,(H,14,15). The lowest BCUT2D eigenvalue weighted by atomic mass is 10.1. The Kier molecular flexibility index (Phi) is 4.98. The van der Waals surface area contributed by atoms with Gasteiger partial charge in [0.05, 0.1) is 11.3 Å². The molecular formula is C11H16N2O2S. The van der Waals surface area contributed by atoms with Crippen molar-refractivity contribution < 1.29 is 9.90 Å². The maximum atomic E-state index is 10.9. The fraction of sp³-hybridized carbons (Fsp3) is 0.364. The Hall–Kier alpha value is -1.36. The highest BCUT2D eigenvalue weighted by Gasteiger charge is 2.09. The van der Waals surface area contributed by atoms with E-state index in [-0.39, 0.29) is 5.56 Å². The highest BCUT2D eigenvalue weighted by atomic mass is 32.2. The Bertz CT molecular complexity index is 369. The second kappa shape index (κ2) is 6.27. The molecular weight excluding hydrogens is 224 g/mol. The van der Waals surface area contributed by atoms with Gasteiger partial charge in [0.25, 0.3) is 0 Å². The third kappa shape index (κ3) is 3.66. The number of carboxylic acid groups (broad SMARTS) is 1. The van der Waals surface area contributed by atoms with Crippen LogP contribution in [0.1, 0.15) is 16.8 Å². The summed E-state index contributed by atoms with van der Waals surface area (Å²) in [6, 6.07) is 4.77. The molecule has 4 N–H and O–H groups in total. The molecule has 4 nitrogen and oxygen atoms in total. The summed E-state index contributed by atoms with van der Waals surface area (Å²) in [7, 11) is 0. The average molecular weight is 240 g/mol. The van der Waals surface area contributed by atoms with E-state index in [4.69, 9.17) is 10.8 Å². The van der Waals surface area contributed by atoms with E-state index >= 15 is 0 Å². The van der Waals surface area contributed by atoms with Crippen LogP contribution in [0, 0.1) is 0 Å². The molecule has 0 aliphatic carbocycles. The quantitative estimate of drug-likeness (QED) is 0.524. The van der Waals surface area contributed by atoms with E-state index in [0.29, 0.717) is 11.4 Å². The van der Waals surface area contributed by atoms with E-state index in [9.17, 15) is 4.79 Å². The number of rotatable bonds is 6. The first kappa shape index (κ1) is 12.7. The highest BCUT2D eigenvalue weighted by Crippen LogP contribution is 2.19. The summed E-state index contributed by atoms with van der Waals surface area (Å²) in [6.45, 7) is 0.755. The fourth-order valence-corrected chi connectivity index (χ4v) is 1.77. The number of nitrogens with one attached hydrogen (secondary N) is 1. The third-order valence-electron chi connectivity index (χ3n) is 2.11. The van der Waals surface area contributed by atoms with Crippen LogP contribution in [-0.4, -0.2) is 29.6 Å². The van der Waals surface area contributed by atoms with Gasteiger partial charge in [0.1, 0.15) is 0 Å². The van der Waals surface area contributed by atoms with Gasteiger partial charge in [0.2, 0.25) is 0 Å². The summed E-state index contributed by atoms with van der Waals surface area (Å²) in [6.07, 6.45) is 3.04. The molecule has 16 heavy (non-hydrogen) atoms. The number of nitrogen functional groups attached to an aromatic ring is 1. The van der Waals surface area contributed by atoms with Crippen LogP contribution < -0.4 is 11.1 Å². The van der Waals surface area contributed by atoms with E-state index in [0.717, 1.165) is 18.7 Å². The molecule has 0 amide bonds. The normalized spacial score (nSPS) is 10.1. The Morgan fingerprint density at radius 1 is 1.56 bits per heavy atom. The first-order valence-corrected chi connectivity index (χ1v) is 6.40. The van der Waals surface area contributed by atoms with Crippen molar-refractivity contribution in [3.8, 4) is 0 Å². The van der Waals surface area contributed by atoms with Crippen LogP contribution >= 0.6 is 11.8 Å². The molecule has 0 saturated carbocycles. The van der Waals surface area contributed by atoms with Crippen molar-refractivity contribution in [2.75, 3.05) is 29.6 Å². The number of anilines is 2.